The average Bonchev–Trinajstić information content (AvgIpc) is 2.92. The van der Waals surface area contributed by atoms with Gasteiger partial charge < -0.3 is 9.88 Å². The Morgan fingerprint density at radius 1 is 1.43 bits per heavy atom. The minimum absolute atomic E-state index is 0.0860. The van der Waals surface area contributed by atoms with Crippen molar-refractivity contribution in [3.05, 3.63) is 53.6 Å². The van der Waals surface area contributed by atoms with Crippen molar-refractivity contribution in [2.45, 2.75) is 38.3 Å². The smallest absolute Gasteiger partial charge is 0.228 e. The van der Waals surface area contributed by atoms with Gasteiger partial charge in [0.2, 0.25) is 5.91 Å². The number of carbonyl (C=O) groups excluding carboxylic acids is 1. The van der Waals surface area contributed by atoms with Gasteiger partial charge in [-0.2, -0.15) is 11.8 Å². The lowest BCUT2D eigenvalue weighted by molar-refractivity contribution is -0.123. The van der Waals surface area contributed by atoms with Crippen LogP contribution in [0.5, 0.6) is 0 Å². The molecule has 0 saturated carbocycles. The van der Waals surface area contributed by atoms with Crippen molar-refractivity contribution in [1.82, 2.24) is 14.9 Å². The Bertz CT molecular complexity index is 668. The van der Waals surface area contributed by atoms with E-state index in [2.05, 4.69) is 21.1 Å². The maximum Gasteiger partial charge on any atom is 0.228 e. The number of aryl methyl sites for hydroxylation is 2. The molecule has 0 aliphatic carbocycles. The Morgan fingerprint density at radius 2 is 2.22 bits per heavy atom. The molecule has 1 aliphatic heterocycles. The summed E-state index contributed by atoms with van der Waals surface area (Å²) in [6.07, 6.45) is 6.01. The fraction of sp³-hybridized carbons (Fsp3) is 0.444. The number of fused-ring (bicyclic) bond motifs is 1. The lowest BCUT2D eigenvalue weighted by Crippen LogP contribution is -2.43. The summed E-state index contributed by atoms with van der Waals surface area (Å²) in [5.74, 6) is 1.99. The van der Waals surface area contributed by atoms with Gasteiger partial charge in [0, 0.05) is 31.0 Å². The highest BCUT2D eigenvalue weighted by atomic mass is 32.2. The number of hydrogen-bond donors (Lipinski definition) is 1. The molecule has 3 rings (SSSR count). The lowest BCUT2D eigenvalue weighted by atomic mass is 9.99. The van der Waals surface area contributed by atoms with Crippen LogP contribution >= 0.6 is 11.8 Å². The Kier molecular flexibility index (Phi) is 5.06. The molecular formula is C18H23N3OS. The highest BCUT2D eigenvalue weighted by Gasteiger charge is 2.25. The standard InChI is InChI=1S/C18H23N3OS/c1-13-10-21-11-15(8-9-17(21)19-13)20-18(22)16(12-23-2)14-6-4-3-5-7-14/h3-7,10,15-16H,8-9,11-12H2,1-2H3,(H,20,22)/t15-,16+/m1/s1. The van der Waals surface area contributed by atoms with E-state index in [0.717, 1.165) is 42.2 Å². The van der Waals surface area contributed by atoms with Gasteiger partial charge in [-0.1, -0.05) is 30.3 Å². The minimum atomic E-state index is -0.0860. The summed E-state index contributed by atoms with van der Waals surface area (Å²) < 4.78 is 2.18. The van der Waals surface area contributed by atoms with E-state index in [-0.39, 0.29) is 17.9 Å². The van der Waals surface area contributed by atoms with E-state index in [9.17, 15) is 4.79 Å². The zero-order valence-corrected chi connectivity index (χ0v) is 14.5. The van der Waals surface area contributed by atoms with Crippen LogP contribution < -0.4 is 5.32 Å². The van der Waals surface area contributed by atoms with Crippen molar-refractivity contribution in [2.75, 3.05) is 12.0 Å². The first kappa shape index (κ1) is 16.1. The van der Waals surface area contributed by atoms with Crippen LogP contribution in [0, 0.1) is 6.92 Å². The maximum atomic E-state index is 12.8. The first-order valence-corrected chi connectivity index (χ1v) is 9.43. The van der Waals surface area contributed by atoms with Crippen molar-refractivity contribution in [1.29, 1.82) is 0 Å². The number of thioether (sulfide) groups is 1. The van der Waals surface area contributed by atoms with E-state index in [1.807, 2.05) is 43.5 Å². The minimum Gasteiger partial charge on any atom is -0.351 e. The van der Waals surface area contributed by atoms with E-state index < -0.39 is 0 Å². The number of amides is 1. The van der Waals surface area contributed by atoms with Gasteiger partial charge in [-0.05, 0) is 25.2 Å². The molecule has 1 aromatic carbocycles. The molecule has 2 atom stereocenters. The number of carbonyl (C=O) groups is 1. The summed E-state index contributed by atoms with van der Waals surface area (Å²) in [5.41, 5.74) is 2.14. The monoisotopic (exact) mass is 329 g/mol. The summed E-state index contributed by atoms with van der Waals surface area (Å²) in [6.45, 7) is 2.84. The van der Waals surface area contributed by atoms with E-state index in [1.165, 1.54) is 0 Å². The molecule has 1 N–H and O–H groups in total. The highest BCUT2D eigenvalue weighted by molar-refractivity contribution is 7.98. The molecule has 2 aromatic rings. The van der Waals surface area contributed by atoms with Crippen LogP contribution in [-0.2, 0) is 17.8 Å². The largest absolute Gasteiger partial charge is 0.351 e. The molecule has 1 aromatic heterocycles. The van der Waals surface area contributed by atoms with Crippen molar-refractivity contribution < 1.29 is 4.79 Å². The second kappa shape index (κ2) is 7.21. The average molecular weight is 329 g/mol. The molecule has 4 nitrogen and oxygen atoms in total. The number of hydrogen-bond acceptors (Lipinski definition) is 3. The van der Waals surface area contributed by atoms with Gasteiger partial charge in [-0.15, -0.1) is 0 Å². The van der Waals surface area contributed by atoms with Gasteiger partial charge in [0.25, 0.3) is 0 Å². The second-order valence-corrected chi connectivity index (χ2v) is 7.02. The molecule has 0 bridgehead atoms. The van der Waals surface area contributed by atoms with Gasteiger partial charge >= 0.3 is 0 Å². The summed E-state index contributed by atoms with van der Waals surface area (Å²) in [4.78, 5) is 17.3. The Labute approximate surface area is 141 Å². The van der Waals surface area contributed by atoms with Crippen molar-refractivity contribution >= 4 is 17.7 Å². The van der Waals surface area contributed by atoms with E-state index in [1.54, 1.807) is 11.8 Å². The molecule has 0 fully saturated rings. The SMILES string of the molecule is CSC[C@H](C(=O)N[C@@H]1CCc2nc(C)cn2C1)c1ccccc1. The van der Waals surface area contributed by atoms with E-state index >= 15 is 0 Å². The van der Waals surface area contributed by atoms with Crippen molar-refractivity contribution in [2.24, 2.45) is 0 Å². The normalized spacial score (nSPS) is 18.3. The van der Waals surface area contributed by atoms with Crippen LogP contribution in [0.1, 0.15) is 29.4 Å². The zero-order chi connectivity index (χ0) is 16.2. The lowest BCUT2D eigenvalue weighted by Gasteiger charge is -2.27. The van der Waals surface area contributed by atoms with Gasteiger partial charge in [0.15, 0.2) is 0 Å². The van der Waals surface area contributed by atoms with Crippen LogP contribution in [0.4, 0.5) is 0 Å². The van der Waals surface area contributed by atoms with E-state index in [4.69, 9.17) is 0 Å². The molecule has 0 spiro atoms. The number of nitrogens with one attached hydrogen (secondary N) is 1. The number of nitrogens with zero attached hydrogens (tertiary/aromatic N) is 2. The molecule has 23 heavy (non-hydrogen) atoms. The van der Waals surface area contributed by atoms with Gasteiger partial charge in [-0.25, -0.2) is 4.98 Å². The fourth-order valence-corrected chi connectivity index (χ4v) is 3.86. The van der Waals surface area contributed by atoms with E-state index in [0.29, 0.717) is 0 Å². The zero-order valence-electron chi connectivity index (χ0n) is 13.7. The van der Waals surface area contributed by atoms with Gasteiger partial charge in [0.1, 0.15) is 5.82 Å². The third-order valence-electron chi connectivity index (χ3n) is 4.31. The number of rotatable bonds is 5. The quantitative estimate of drug-likeness (QED) is 0.917. The maximum absolute atomic E-state index is 12.8. The van der Waals surface area contributed by atoms with Gasteiger partial charge in [0.05, 0.1) is 11.6 Å². The summed E-state index contributed by atoms with van der Waals surface area (Å²) in [7, 11) is 0. The van der Waals surface area contributed by atoms with Crippen LogP contribution in [0.2, 0.25) is 0 Å². The van der Waals surface area contributed by atoms with Crippen molar-refractivity contribution in [3.8, 4) is 0 Å². The fourth-order valence-electron chi connectivity index (χ4n) is 3.18. The molecular weight excluding hydrogens is 306 g/mol. The molecule has 1 amide bonds. The van der Waals surface area contributed by atoms with Gasteiger partial charge in [-0.3, -0.25) is 4.79 Å². The molecule has 1 aliphatic rings. The Balaban J connectivity index is 1.68. The molecule has 5 heteroatoms. The third-order valence-corrected chi connectivity index (χ3v) is 4.98. The Morgan fingerprint density at radius 3 is 2.96 bits per heavy atom. The molecule has 0 radical (unpaired) electrons. The predicted molar refractivity (Wildman–Crippen MR) is 94.8 cm³/mol. The van der Waals surface area contributed by atoms with Crippen molar-refractivity contribution in [3.63, 3.8) is 0 Å². The van der Waals surface area contributed by atoms with Crippen LogP contribution in [0.3, 0.4) is 0 Å². The number of aromatic nitrogens is 2. The first-order chi connectivity index (χ1) is 11.2. The third kappa shape index (κ3) is 3.78. The molecule has 122 valence electrons. The summed E-state index contributed by atoms with van der Waals surface area (Å²) in [6, 6.07) is 10.3. The number of benzene rings is 1. The van der Waals surface area contributed by atoms with Crippen LogP contribution in [0.15, 0.2) is 36.5 Å². The molecule has 2 heterocycles. The second-order valence-electron chi connectivity index (χ2n) is 6.11. The molecule has 0 saturated heterocycles. The summed E-state index contributed by atoms with van der Waals surface area (Å²) >= 11 is 1.71. The predicted octanol–water partition coefficient (Wildman–Crippen LogP) is 2.77. The topological polar surface area (TPSA) is 46.9 Å². The first-order valence-electron chi connectivity index (χ1n) is 8.04. The Hall–Kier alpha value is -1.75. The number of imidazole rings is 1. The summed E-state index contributed by atoms with van der Waals surface area (Å²) in [5, 5.41) is 3.25. The van der Waals surface area contributed by atoms with Crippen LogP contribution in [0.25, 0.3) is 0 Å². The molecule has 0 unspecified atom stereocenters. The highest BCUT2D eigenvalue weighted by Crippen LogP contribution is 2.21. The van der Waals surface area contributed by atoms with Crippen LogP contribution in [-0.4, -0.2) is 33.5 Å².